The molecular formula is C18H21NO4. The Hall–Kier alpha value is -2.43. The molecular weight excluding hydrogens is 294 g/mol. The fourth-order valence-electron chi connectivity index (χ4n) is 3.10. The molecule has 0 spiro atoms. The van der Waals surface area contributed by atoms with E-state index >= 15 is 0 Å². The number of rotatable bonds is 2. The molecule has 3 rings (SSSR count). The van der Waals surface area contributed by atoms with E-state index in [1.807, 2.05) is 26.8 Å². The van der Waals surface area contributed by atoms with Gasteiger partial charge in [0.25, 0.3) is 5.91 Å². The maximum Gasteiger partial charge on any atom is 0.290 e. The first-order valence-corrected chi connectivity index (χ1v) is 7.70. The van der Waals surface area contributed by atoms with Crippen LogP contribution in [0.15, 0.2) is 22.6 Å². The minimum absolute atomic E-state index is 0.105. The van der Waals surface area contributed by atoms with Crippen LogP contribution in [0, 0.1) is 13.8 Å². The Labute approximate surface area is 135 Å². The van der Waals surface area contributed by atoms with Crippen molar-refractivity contribution in [2.24, 2.45) is 0 Å². The second kappa shape index (κ2) is 5.65. The molecule has 1 aliphatic rings. The molecule has 2 aromatic rings. The molecule has 23 heavy (non-hydrogen) atoms. The summed E-state index contributed by atoms with van der Waals surface area (Å²) in [6, 6.07) is 5.23. The van der Waals surface area contributed by atoms with Gasteiger partial charge in [-0.1, -0.05) is 0 Å². The zero-order valence-electron chi connectivity index (χ0n) is 13.8. The van der Waals surface area contributed by atoms with Crippen molar-refractivity contribution in [3.63, 3.8) is 0 Å². The van der Waals surface area contributed by atoms with Gasteiger partial charge in [-0.3, -0.25) is 4.79 Å². The zero-order chi connectivity index (χ0) is 16.7. The van der Waals surface area contributed by atoms with Gasteiger partial charge in [0.1, 0.15) is 5.76 Å². The molecule has 1 aromatic heterocycles. The van der Waals surface area contributed by atoms with Crippen LogP contribution in [-0.4, -0.2) is 29.6 Å². The smallest absolute Gasteiger partial charge is 0.290 e. The van der Waals surface area contributed by atoms with E-state index in [9.17, 15) is 9.90 Å². The molecule has 5 heteroatoms. The topological polar surface area (TPSA) is 62.9 Å². The van der Waals surface area contributed by atoms with Crippen molar-refractivity contribution in [2.75, 3.05) is 13.7 Å². The van der Waals surface area contributed by atoms with Gasteiger partial charge in [-0.25, -0.2) is 0 Å². The number of carbonyl (C=O) groups is 1. The summed E-state index contributed by atoms with van der Waals surface area (Å²) in [5.41, 5.74) is 3.02. The Morgan fingerprint density at radius 1 is 1.35 bits per heavy atom. The summed E-state index contributed by atoms with van der Waals surface area (Å²) < 4.78 is 10.8. The Morgan fingerprint density at radius 3 is 2.70 bits per heavy atom. The van der Waals surface area contributed by atoms with Crippen LogP contribution in [0.2, 0.25) is 0 Å². The molecule has 1 aliphatic heterocycles. The number of fused-ring (bicyclic) bond motifs is 1. The van der Waals surface area contributed by atoms with Crippen molar-refractivity contribution in [2.45, 2.75) is 33.2 Å². The molecule has 0 fully saturated rings. The summed E-state index contributed by atoms with van der Waals surface area (Å²) in [6.45, 7) is 6.36. The van der Waals surface area contributed by atoms with Crippen molar-refractivity contribution in [3.8, 4) is 11.5 Å². The van der Waals surface area contributed by atoms with Gasteiger partial charge in [0.2, 0.25) is 0 Å². The van der Waals surface area contributed by atoms with E-state index in [1.165, 1.54) is 7.11 Å². The average molecular weight is 315 g/mol. The minimum atomic E-state index is -0.105. The maximum atomic E-state index is 12.8. The van der Waals surface area contributed by atoms with E-state index in [-0.39, 0.29) is 17.7 Å². The number of hydrogen-bond acceptors (Lipinski definition) is 4. The molecule has 0 aliphatic carbocycles. The monoisotopic (exact) mass is 315 g/mol. The normalized spacial score (nSPS) is 17.0. The number of phenolic OH excluding ortho intramolecular Hbond substituents is 1. The van der Waals surface area contributed by atoms with Gasteiger partial charge in [0.15, 0.2) is 17.3 Å². The van der Waals surface area contributed by atoms with Crippen LogP contribution in [0.4, 0.5) is 0 Å². The lowest BCUT2D eigenvalue weighted by Crippen LogP contribution is -2.38. The summed E-state index contributed by atoms with van der Waals surface area (Å²) in [5.74, 6) is 1.60. The highest BCUT2D eigenvalue weighted by Gasteiger charge is 2.31. The lowest BCUT2D eigenvalue weighted by molar-refractivity contribution is 0.0643. The van der Waals surface area contributed by atoms with Crippen molar-refractivity contribution in [3.05, 3.63) is 46.4 Å². The van der Waals surface area contributed by atoms with Crippen LogP contribution >= 0.6 is 0 Å². The van der Waals surface area contributed by atoms with E-state index in [2.05, 4.69) is 0 Å². The van der Waals surface area contributed by atoms with Crippen molar-refractivity contribution >= 4 is 5.91 Å². The summed E-state index contributed by atoms with van der Waals surface area (Å²) >= 11 is 0. The molecule has 0 saturated carbocycles. The molecule has 1 unspecified atom stereocenters. The summed E-state index contributed by atoms with van der Waals surface area (Å²) in [6.07, 6.45) is 0.696. The lowest BCUT2D eigenvalue weighted by Gasteiger charge is -2.35. The molecule has 122 valence electrons. The first-order chi connectivity index (χ1) is 10.9. The molecule has 1 N–H and O–H groups in total. The molecule has 2 heterocycles. The van der Waals surface area contributed by atoms with Crippen LogP contribution in [0.5, 0.6) is 11.5 Å². The Balaban J connectivity index is 1.94. The highest BCUT2D eigenvalue weighted by atomic mass is 16.5. The summed E-state index contributed by atoms with van der Waals surface area (Å²) in [5, 5.41) is 9.92. The fraction of sp³-hybridized carbons (Fsp3) is 0.389. The molecule has 0 saturated heterocycles. The van der Waals surface area contributed by atoms with Gasteiger partial charge in [-0.05, 0) is 62.1 Å². The third kappa shape index (κ3) is 2.56. The van der Waals surface area contributed by atoms with Gasteiger partial charge < -0.3 is 19.2 Å². The van der Waals surface area contributed by atoms with Crippen LogP contribution in [-0.2, 0) is 6.42 Å². The Morgan fingerprint density at radius 2 is 2.09 bits per heavy atom. The number of amides is 1. The molecule has 0 bridgehead atoms. The fourth-order valence-corrected chi connectivity index (χ4v) is 3.10. The third-order valence-corrected chi connectivity index (χ3v) is 4.62. The number of aromatic hydroxyl groups is 1. The number of methoxy groups -OCH3 is 1. The van der Waals surface area contributed by atoms with Gasteiger partial charge in [-0.2, -0.15) is 0 Å². The largest absolute Gasteiger partial charge is 0.504 e. The quantitative estimate of drug-likeness (QED) is 0.923. The lowest BCUT2D eigenvalue weighted by atomic mass is 9.92. The predicted molar refractivity (Wildman–Crippen MR) is 86.0 cm³/mol. The SMILES string of the molecule is COc1cc2c(cc1O)CCN(C(=O)c1cc(C)c(C)o1)C2C. The Kier molecular flexibility index (Phi) is 3.80. The second-order valence-electron chi connectivity index (χ2n) is 6.00. The zero-order valence-corrected chi connectivity index (χ0v) is 13.8. The van der Waals surface area contributed by atoms with E-state index in [1.54, 1.807) is 17.0 Å². The molecule has 0 radical (unpaired) electrons. The van der Waals surface area contributed by atoms with E-state index in [0.717, 1.165) is 22.5 Å². The summed E-state index contributed by atoms with van der Waals surface area (Å²) in [4.78, 5) is 14.6. The Bertz CT molecular complexity index is 743. The molecule has 1 atom stereocenters. The van der Waals surface area contributed by atoms with E-state index in [0.29, 0.717) is 24.5 Å². The highest BCUT2D eigenvalue weighted by Crippen LogP contribution is 2.37. The van der Waals surface area contributed by atoms with E-state index in [4.69, 9.17) is 9.15 Å². The number of aryl methyl sites for hydroxylation is 2. The number of phenols is 1. The number of nitrogens with zero attached hydrogens (tertiary/aromatic N) is 1. The van der Waals surface area contributed by atoms with Crippen LogP contribution in [0.25, 0.3) is 0 Å². The second-order valence-corrected chi connectivity index (χ2v) is 6.00. The van der Waals surface area contributed by atoms with Crippen LogP contribution in [0.1, 0.15) is 46.0 Å². The molecule has 5 nitrogen and oxygen atoms in total. The van der Waals surface area contributed by atoms with Gasteiger partial charge >= 0.3 is 0 Å². The van der Waals surface area contributed by atoms with E-state index < -0.39 is 0 Å². The minimum Gasteiger partial charge on any atom is -0.504 e. The summed E-state index contributed by atoms with van der Waals surface area (Å²) in [7, 11) is 1.52. The first-order valence-electron chi connectivity index (χ1n) is 7.70. The third-order valence-electron chi connectivity index (χ3n) is 4.62. The van der Waals surface area contributed by atoms with Gasteiger partial charge in [0.05, 0.1) is 13.2 Å². The van der Waals surface area contributed by atoms with Crippen molar-refractivity contribution < 1.29 is 19.1 Å². The van der Waals surface area contributed by atoms with Crippen LogP contribution < -0.4 is 4.74 Å². The molecule has 1 amide bonds. The number of ether oxygens (including phenoxy) is 1. The van der Waals surface area contributed by atoms with Crippen molar-refractivity contribution in [1.29, 1.82) is 0 Å². The van der Waals surface area contributed by atoms with Crippen LogP contribution in [0.3, 0.4) is 0 Å². The molecule has 1 aromatic carbocycles. The number of benzene rings is 1. The first kappa shape index (κ1) is 15.5. The number of carbonyl (C=O) groups excluding carboxylic acids is 1. The predicted octanol–water partition coefficient (Wildman–Crippen LogP) is 3.37. The number of hydrogen-bond donors (Lipinski definition) is 1. The average Bonchev–Trinajstić information content (AvgIpc) is 2.86. The van der Waals surface area contributed by atoms with Gasteiger partial charge in [0, 0.05) is 6.54 Å². The number of furan rings is 1. The van der Waals surface area contributed by atoms with Gasteiger partial charge in [-0.15, -0.1) is 0 Å². The standard InChI is InChI=1S/C18H21NO4/c1-10-7-17(23-12(10)3)18(21)19-6-5-13-8-15(20)16(22-4)9-14(13)11(19)2/h7-9,11,20H,5-6H2,1-4H3. The maximum absolute atomic E-state index is 12.8. The highest BCUT2D eigenvalue weighted by molar-refractivity contribution is 5.92. The van der Waals surface area contributed by atoms with Crippen molar-refractivity contribution in [1.82, 2.24) is 4.90 Å².